The van der Waals surface area contributed by atoms with Crippen molar-refractivity contribution in [3.8, 4) is 0 Å². The SMILES string of the molecule is CCCCN(CCCC)N1C(=O)C[C@]2(CC[C@@H](C)C2)C1=O. The summed E-state index contributed by atoms with van der Waals surface area (Å²) < 4.78 is 0. The molecule has 0 aromatic rings. The second-order valence-electron chi connectivity index (χ2n) is 6.98. The van der Waals surface area contributed by atoms with Crippen LogP contribution in [-0.4, -0.2) is 34.9 Å². The quantitative estimate of drug-likeness (QED) is 0.676. The first-order valence-electron chi connectivity index (χ1n) is 8.66. The largest absolute Gasteiger partial charge is 0.273 e. The van der Waals surface area contributed by atoms with E-state index in [1.54, 1.807) is 0 Å². The standard InChI is InChI=1S/C17H30N2O2/c1-4-6-10-18(11-7-5-2)19-15(20)13-17(16(19)21)9-8-14(3)12-17/h14H,4-13H2,1-3H3/t14-,17-/m1/s1. The summed E-state index contributed by atoms with van der Waals surface area (Å²) in [5.41, 5.74) is -0.368. The number of imide groups is 1. The Hall–Kier alpha value is -0.900. The number of carbonyl (C=O) groups excluding carboxylic acids is 2. The minimum absolute atomic E-state index is 0.0290. The van der Waals surface area contributed by atoms with Crippen molar-refractivity contribution in [1.29, 1.82) is 0 Å². The Kier molecular flexibility index (Phi) is 5.42. The Bertz CT molecular complexity index is 388. The average Bonchev–Trinajstić information content (AvgIpc) is 2.93. The minimum atomic E-state index is -0.368. The van der Waals surface area contributed by atoms with Gasteiger partial charge in [0.25, 0.3) is 5.91 Å². The number of hydrogen-bond acceptors (Lipinski definition) is 3. The summed E-state index contributed by atoms with van der Waals surface area (Å²) >= 11 is 0. The van der Waals surface area contributed by atoms with Crippen molar-refractivity contribution in [2.45, 2.75) is 72.1 Å². The fourth-order valence-corrected chi connectivity index (χ4v) is 3.81. The lowest BCUT2D eigenvalue weighted by atomic mass is 9.84. The molecule has 21 heavy (non-hydrogen) atoms. The van der Waals surface area contributed by atoms with Crippen LogP contribution in [0.1, 0.15) is 72.1 Å². The molecular weight excluding hydrogens is 264 g/mol. The molecule has 2 aliphatic rings. The zero-order chi connectivity index (χ0) is 15.5. The number of amides is 2. The van der Waals surface area contributed by atoms with Crippen LogP contribution < -0.4 is 0 Å². The molecule has 2 atom stereocenters. The Morgan fingerprint density at radius 3 is 2.29 bits per heavy atom. The van der Waals surface area contributed by atoms with E-state index in [4.69, 9.17) is 0 Å². The van der Waals surface area contributed by atoms with Gasteiger partial charge in [0.1, 0.15) is 0 Å². The van der Waals surface area contributed by atoms with Crippen LogP contribution in [-0.2, 0) is 9.59 Å². The van der Waals surface area contributed by atoms with Crippen molar-refractivity contribution in [3.05, 3.63) is 0 Å². The second-order valence-corrected chi connectivity index (χ2v) is 6.98. The van der Waals surface area contributed by atoms with E-state index in [-0.39, 0.29) is 17.2 Å². The summed E-state index contributed by atoms with van der Waals surface area (Å²) in [6.45, 7) is 8.12. The molecule has 1 heterocycles. The third-order valence-electron chi connectivity index (χ3n) is 5.05. The van der Waals surface area contributed by atoms with Gasteiger partial charge < -0.3 is 0 Å². The highest BCUT2D eigenvalue weighted by molar-refractivity contribution is 6.05. The van der Waals surface area contributed by atoms with Crippen molar-refractivity contribution in [2.24, 2.45) is 11.3 Å². The molecule has 1 saturated heterocycles. The molecule has 2 rings (SSSR count). The normalized spacial score (nSPS) is 29.3. The Morgan fingerprint density at radius 1 is 1.19 bits per heavy atom. The van der Waals surface area contributed by atoms with Crippen LogP contribution in [0, 0.1) is 11.3 Å². The van der Waals surface area contributed by atoms with Gasteiger partial charge >= 0.3 is 0 Å². The number of carbonyl (C=O) groups is 2. The third-order valence-corrected chi connectivity index (χ3v) is 5.05. The summed E-state index contributed by atoms with van der Waals surface area (Å²) in [5.74, 6) is 0.687. The van der Waals surface area contributed by atoms with E-state index >= 15 is 0 Å². The molecule has 0 aromatic carbocycles. The van der Waals surface area contributed by atoms with E-state index in [1.807, 2.05) is 5.01 Å². The van der Waals surface area contributed by atoms with Crippen molar-refractivity contribution >= 4 is 11.8 Å². The molecule has 1 aliphatic carbocycles. The second kappa shape index (κ2) is 6.91. The molecule has 0 N–H and O–H groups in total. The van der Waals surface area contributed by atoms with Crippen LogP contribution in [0.4, 0.5) is 0 Å². The molecule has 2 fully saturated rings. The minimum Gasteiger partial charge on any atom is -0.273 e. The molecule has 0 bridgehead atoms. The average molecular weight is 294 g/mol. The molecule has 1 aliphatic heterocycles. The molecule has 0 radical (unpaired) electrons. The van der Waals surface area contributed by atoms with Crippen LogP contribution >= 0.6 is 0 Å². The van der Waals surface area contributed by atoms with Crippen LogP contribution in [0.3, 0.4) is 0 Å². The molecule has 4 heteroatoms. The Balaban J connectivity index is 2.12. The maximum Gasteiger partial charge on any atom is 0.250 e. The van der Waals surface area contributed by atoms with Gasteiger partial charge in [0.2, 0.25) is 5.91 Å². The van der Waals surface area contributed by atoms with E-state index in [1.165, 1.54) is 5.01 Å². The maximum absolute atomic E-state index is 12.9. The lowest BCUT2D eigenvalue weighted by molar-refractivity contribution is -0.160. The lowest BCUT2D eigenvalue weighted by Crippen LogP contribution is -2.48. The van der Waals surface area contributed by atoms with Crippen molar-refractivity contribution in [1.82, 2.24) is 10.0 Å². The zero-order valence-electron chi connectivity index (χ0n) is 13.9. The Morgan fingerprint density at radius 2 is 1.81 bits per heavy atom. The zero-order valence-corrected chi connectivity index (χ0v) is 13.9. The summed E-state index contributed by atoms with van der Waals surface area (Å²) in [6.07, 6.45) is 7.53. The summed E-state index contributed by atoms with van der Waals surface area (Å²) in [4.78, 5) is 25.4. The number of rotatable bonds is 7. The molecular formula is C17H30N2O2. The first-order chi connectivity index (χ1) is 10.0. The predicted molar refractivity (Wildman–Crippen MR) is 83.3 cm³/mol. The molecule has 2 amide bonds. The fourth-order valence-electron chi connectivity index (χ4n) is 3.81. The van der Waals surface area contributed by atoms with Crippen molar-refractivity contribution < 1.29 is 9.59 Å². The highest BCUT2D eigenvalue weighted by Crippen LogP contribution is 2.49. The van der Waals surface area contributed by atoms with E-state index in [0.717, 1.165) is 58.0 Å². The van der Waals surface area contributed by atoms with E-state index < -0.39 is 0 Å². The fraction of sp³-hybridized carbons (Fsp3) is 0.882. The predicted octanol–water partition coefficient (Wildman–Crippen LogP) is 3.37. The summed E-state index contributed by atoms with van der Waals surface area (Å²) in [6, 6.07) is 0. The number of hydrogen-bond donors (Lipinski definition) is 0. The number of nitrogens with zero attached hydrogens (tertiary/aromatic N) is 2. The monoisotopic (exact) mass is 294 g/mol. The molecule has 120 valence electrons. The third kappa shape index (κ3) is 3.31. The summed E-state index contributed by atoms with van der Waals surface area (Å²) in [5, 5.41) is 3.54. The van der Waals surface area contributed by atoms with Crippen molar-refractivity contribution in [2.75, 3.05) is 13.1 Å². The van der Waals surface area contributed by atoms with Gasteiger partial charge in [-0.25, -0.2) is 10.0 Å². The van der Waals surface area contributed by atoms with Crippen molar-refractivity contribution in [3.63, 3.8) is 0 Å². The topological polar surface area (TPSA) is 40.6 Å². The number of hydrazine groups is 1. The van der Waals surface area contributed by atoms with Gasteiger partial charge in [-0.15, -0.1) is 0 Å². The van der Waals surface area contributed by atoms with Gasteiger partial charge in [0.05, 0.1) is 5.41 Å². The van der Waals surface area contributed by atoms with Gasteiger partial charge in [-0.05, 0) is 38.0 Å². The highest BCUT2D eigenvalue weighted by Gasteiger charge is 2.55. The van der Waals surface area contributed by atoms with Gasteiger partial charge in [0.15, 0.2) is 0 Å². The summed E-state index contributed by atoms with van der Waals surface area (Å²) in [7, 11) is 0. The molecule has 0 unspecified atom stereocenters. The smallest absolute Gasteiger partial charge is 0.250 e. The van der Waals surface area contributed by atoms with E-state index in [0.29, 0.717) is 12.3 Å². The first-order valence-corrected chi connectivity index (χ1v) is 8.66. The van der Waals surface area contributed by atoms with Gasteiger partial charge in [-0.2, -0.15) is 0 Å². The molecule has 0 aromatic heterocycles. The van der Waals surface area contributed by atoms with Crippen LogP contribution in [0.15, 0.2) is 0 Å². The molecule has 1 spiro atoms. The van der Waals surface area contributed by atoms with Gasteiger partial charge in [-0.1, -0.05) is 33.6 Å². The molecule has 4 nitrogen and oxygen atoms in total. The number of unbranched alkanes of at least 4 members (excludes halogenated alkanes) is 2. The Labute approximate surface area is 128 Å². The molecule has 1 saturated carbocycles. The van der Waals surface area contributed by atoms with Crippen LogP contribution in [0.25, 0.3) is 0 Å². The maximum atomic E-state index is 12.9. The highest BCUT2D eigenvalue weighted by atomic mass is 16.2. The lowest BCUT2D eigenvalue weighted by Gasteiger charge is -2.31. The van der Waals surface area contributed by atoms with E-state index in [2.05, 4.69) is 20.8 Å². The van der Waals surface area contributed by atoms with Gasteiger partial charge in [-0.3, -0.25) is 9.59 Å². The van der Waals surface area contributed by atoms with E-state index in [9.17, 15) is 9.59 Å². The van der Waals surface area contributed by atoms with Crippen LogP contribution in [0.2, 0.25) is 0 Å². The van der Waals surface area contributed by atoms with Crippen LogP contribution in [0.5, 0.6) is 0 Å². The van der Waals surface area contributed by atoms with Gasteiger partial charge in [0, 0.05) is 19.5 Å². The first kappa shape index (κ1) is 16.5.